The Hall–Kier alpha value is -2.46. The minimum atomic E-state index is -0.475. The first-order valence-corrected chi connectivity index (χ1v) is 5.74. The first-order valence-electron chi connectivity index (χ1n) is 5.33. The summed E-state index contributed by atoms with van der Waals surface area (Å²) >= 11 is 4.95. The number of carbonyl (C=O) groups is 2. The van der Waals surface area contributed by atoms with Gasteiger partial charge in [-0.1, -0.05) is 12.1 Å². The lowest BCUT2D eigenvalue weighted by Gasteiger charge is -2.10. The van der Waals surface area contributed by atoms with Gasteiger partial charge < -0.3 is 10.2 Å². The van der Waals surface area contributed by atoms with E-state index in [2.05, 4.69) is 21.0 Å². The second-order valence-electron chi connectivity index (χ2n) is 3.58. The van der Waals surface area contributed by atoms with E-state index in [1.165, 1.54) is 6.92 Å². The van der Waals surface area contributed by atoms with Gasteiger partial charge in [0.15, 0.2) is 10.9 Å². The molecular formula is C12H12N4O2S. The van der Waals surface area contributed by atoms with Gasteiger partial charge in [-0.2, -0.15) is 0 Å². The maximum Gasteiger partial charge on any atom is 0.318 e. The molecule has 1 aromatic rings. The highest BCUT2D eigenvalue weighted by atomic mass is 32.1. The highest BCUT2D eigenvalue weighted by molar-refractivity contribution is 7.80. The zero-order valence-corrected chi connectivity index (χ0v) is 11.0. The Balaban J connectivity index is 2.53. The monoisotopic (exact) mass is 276 g/mol. The van der Waals surface area contributed by atoms with Crippen molar-refractivity contribution >= 4 is 34.7 Å². The van der Waals surface area contributed by atoms with Gasteiger partial charge in [0.25, 0.3) is 6.54 Å². The van der Waals surface area contributed by atoms with Gasteiger partial charge in [-0.25, -0.2) is 6.57 Å². The molecule has 1 rings (SSSR count). The molecule has 0 bridgehead atoms. The van der Waals surface area contributed by atoms with Crippen LogP contribution in [0.25, 0.3) is 4.85 Å². The first-order chi connectivity index (χ1) is 9.02. The van der Waals surface area contributed by atoms with E-state index in [0.29, 0.717) is 11.3 Å². The van der Waals surface area contributed by atoms with Gasteiger partial charge in [-0.3, -0.25) is 20.4 Å². The molecule has 7 heteroatoms. The number of ketones is 1. The summed E-state index contributed by atoms with van der Waals surface area (Å²) in [6.45, 7) is 7.72. The standard InChI is InChI=1S/C12H12N4O2S/c1-8(17)9-4-3-5-10(6-9)14-12(19)16-15-11(18)7-13-2/h3-6H,7H2,1H3,(H,15,18)(H2,14,16,19). The number of Topliss-reactive ketones (excluding diaryl/α,β-unsaturated/α-hetero) is 1. The highest BCUT2D eigenvalue weighted by Gasteiger charge is 2.05. The average molecular weight is 276 g/mol. The molecule has 0 unspecified atom stereocenters. The van der Waals surface area contributed by atoms with Crippen LogP contribution in [0.1, 0.15) is 17.3 Å². The molecule has 0 aliphatic carbocycles. The van der Waals surface area contributed by atoms with Crippen LogP contribution < -0.4 is 16.2 Å². The van der Waals surface area contributed by atoms with Crippen molar-refractivity contribution in [3.05, 3.63) is 41.2 Å². The molecule has 0 fully saturated rings. The quantitative estimate of drug-likeness (QED) is 0.334. The molecule has 98 valence electrons. The molecular weight excluding hydrogens is 264 g/mol. The molecule has 0 saturated heterocycles. The zero-order chi connectivity index (χ0) is 14.3. The first kappa shape index (κ1) is 14.6. The van der Waals surface area contributed by atoms with Crippen molar-refractivity contribution in [1.82, 2.24) is 10.9 Å². The predicted molar refractivity (Wildman–Crippen MR) is 75.4 cm³/mol. The molecule has 0 atom stereocenters. The lowest BCUT2D eigenvalue weighted by molar-refractivity contribution is -0.119. The molecule has 0 spiro atoms. The van der Waals surface area contributed by atoms with Crippen LogP contribution in [0.15, 0.2) is 24.3 Å². The van der Waals surface area contributed by atoms with Crippen LogP contribution in [0.2, 0.25) is 0 Å². The van der Waals surface area contributed by atoms with E-state index in [1.807, 2.05) is 0 Å². The summed E-state index contributed by atoms with van der Waals surface area (Å²) in [4.78, 5) is 25.2. The van der Waals surface area contributed by atoms with Crippen LogP contribution in [-0.2, 0) is 4.79 Å². The summed E-state index contributed by atoms with van der Waals surface area (Å²) in [6.07, 6.45) is 0. The Morgan fingerprint density at radius 3 is 2.74 bits per heavy atom. The summed E-state index contributed by atoms with van der Waals surface area (Å²) in [5.41, 5.74) is 5.91. The van der Waals surface area contributed by atoms with Crippen LogP contribution in [0.3, 0.4) is 0 Å². The maximum atomic E-state index is 11.2. The number of anilines is 1. The summed E-state index contributed by atoms with van der Waals surface area (Å²) in [5, 5.41) is 2.98. The van der Waals surface area contributed by atoms with E-state index in [9.17, 15) is 9.59 Å². The summed E-state index contributed by atoms with van der Waals surface area (Å²) in [5.74, 6) is -0.524. The Labute approximate surface area is 116 Å². The number of hydrogen-bond donors (Lipinski definition) is 3. The third-order valence-corrected chi connectivity index (χ3v) is 2.27. The molecule has 6 nitrogen and oxygen atoms in total. The number of hydrazine groups is 1. The van der Waals surface area contributed by atoms with Crippen molar-refractivity contribution in [2.75, 3.05) is 11.9 Å². The van der Waals surface area contributed by atoms with E-state index in [4.69, 9.17) is 18.8 Å². The van der Waals surface area contributed by atoms with Crippen molar-refractivity contribution in [3.63, 3.8) is 0 Å². The molecule has 0 saturated carbocycles. The number of benzene rings is 1. The molecule has 1 aromatic carbocycles. The normalized spacial score (nSPS) is 9.05. The molecule has 0 heterocycles. The van der Waals surface area contributed by atoms with Gasteiger partial charge in [0.05, 0.1) is 0 Å². The number of nitrogens with zero attached hydrogens (tertiary/aromatic N) is 1. The van der Waals surface area contributed by atoms with Crippen LogP contribution in [0.5, 0.6) is 0 Å². The second kappa shape index (κ2) is 7.08. The van der Waals surface area contributed by atoms with Gasteiger partial charge in [0, 0.05) is 11.3 Å². The number of carbonyl (C=O) groups excluding carboxylic acids is 2. The third kappa shape index (κ3) is 5.14. The molecule has 0 aromatic heterocycles. The Bertz CT molecular complexity index is 551. The fourth-order valence-electron chi connectivity index (χ4n) is 1.22. The summed E-state index contributed by atoms with van der Waals surface area (Å²) < 4.78 is 0. The Morgan fingerprint density at radius 1 is 1.37 bits per heavy atom. The maximum absolute atomic E-state index is 11.2. The second-order valence-corrected chi connectivity index (χ2v) is 3.99. The van der Waals surface area contributed by atoms with Gasteiger partial charge >= 0.3 is 5.91 Å². The number of nitrogens with one attached hydrogen (secondary N) is 3. The van der Waals surface area contributed by atoms with Crippen molar-refractivity contribution in [2.45, 2.75) is 6.92 Å². The number of hydrogen-bond acceptors (Lipinski definition) is 3. The van der Waals surface area contributed by atoms with Crippen LogP contribution >= 0.6 is 12.2 Å². The van der Waals surface area contributed by atoms with Crippen molar-refractivity contribution in [2.24, 2.45) is 0 Å². The van der Waals surface area contributed by atoms with Crippen LogP contribution in [-0.4, -0.2) is 23.3 Å². The molecule has 0 aliphatic heterocycles. The van der Waals surface area contributed by atoms with Crippen molar-refractivity contribution < 1.29 is 9.59 Å². The van der Waals surface area contributed by atoms with Crippen molar-refractivity contribution in [3.8, 4) is 0 Å². The van der Waals surface area contributed by atoms with Gasteiger partial charge in [-0.15, -0.1) is 0 Å². The topological polar surface area (TPSA) is 74.6 Å². The lowest BCUT2D eigenvalue weighted by Crippen LogP contribution is -2.44. The Kier molecular flexibility index (Phi) is 5.44. The summed E-state index contributed by atoms with van der Waals surface area (Å²) in [7, 11) is 0. The number of rotatable bonds is 3. The van der Waals surface area contributed by atoms with E-state index in [1.54, 1.807) is 24.3 Å². The van der Waals surface area contributed by atoms with Crippen LogP contribution in [0, 0.1) is 6.57 Å². The molecule has 0 radical (unpaired) electrons. The van der Waals surface area contributed by atoms with Crippen LogP contribution in [0.4, 0.5) is 5.69 Å². The van der Waals surface area contributed by atoms with E-state index in [0.717, 1.165) is 0 Å². The van der Waals surface area contributed by atoms with Crippen molar-refractivity contribution in [1.29, 1.82) is 0 Å². The zero-order valence-electron chi connectivity index (χ0n) is 10.2. The molecule has 0 aliphatic rings. The van der Waals surface area contributed by atoms with E-state index in [-0.39, 0.29) is 17.4 Å². The Morgan fingerprint density at radius 2 is 2.11 bits per heavy atom. The minimum Gasteiger partial charge on any atom is -0.331 e. The fourth-order valence-corrected chi connectivity index (χ4v) is 1.38. The highest BCUT2D eigenvalue weighted by Crippen LogP contribution is 2.10. The largest absolute Gasteiger partial charge is 0.331 e. The fraction of sp³-hybridized carbons (Fsp3) is 0.167. The third-order valence-electron chi connectivity index (χ3n) is 2.07. The van der Waals surface area contributed by atoms with Gasteiger partial charge in [0.2, 0.25) is 0 Å². The number of amides is 1. The lowest BCUT2D eigenvalue weighted by atomic mass is 10.1. The van der Waals surface area contributed by atoms with Gasteiger partial charge in [0.1, 0.15) is 0 Å². The minimum absolute atomic E-state index is 0.0483. The SMILES string of the molecule is [C-]#[N+]CC(=O)NNC(=S)Nc1cccc(C(C)=O)c1. The average Bonchev–Trinajstić information content (AvgIpc) is 2.37. The summed E-state index contributed by atoms with van der Waals surface area (Å²) in [6, 6.07) is 6.80. The molecule has 1 amide bonds. The van der Waals surface area contributed by atoms with E-state index >= 15 is 0 Å². The van der Waals surface area contributed by atoms with Gasteiger partial charge in [-0.05, 0) is 31.3 Å². The predicted octanol–water partition coefficient (Wildman–Crippen LogP) is 1.13. The molecule has 19 heavy (non-hydrogen) atoms. The van der Waals surface area contributed by atoms with E-state index < -0.39 is 5.91 Å². The smallest absolute Gasteiger partial charge is 0.318 e. The number of thiocarbonyl (C=S) groups is 1. The molecule has 3 N–H and O–H groups in total.